The molecule has 90 valence electrons. The molecular formula is C16H15NO. The Morgan fingerprint density at radius 2 is 1.89 bits per heavy atom. The smallest absolute Gasteiger partial charge is 0.126 e. The fourth-order valence-electron chi connectivity index (χ4n) is 2.32. The number of fused-ring (bicyclic) bond motifs is 1. The zero-order valence-electron chi connectivity index (χ0n) is 10.5. The van der Waals surface area contributed by atoms with Gasteiger partial charge in [0.2, 0.25) is 0 Å². The molecule has 0 aliphatic carbocycles. The van der Waals surface area contributed by atoms with Crippen molar-refractivity contribution in [3.8, 4) is 16.9 Å². The second-order valence-electron chi connectivity index (χ2n) is 4.43. The van der Waals surface area contributed by atoms with Crippen molar-refractivity contribution in [2.45, 2.75) is 6.92 Å². The van der Waals surface area contributed by atoms with E-state index >= 15 is 0 Å². The summed E-state index contributed by atoms with van der Waals surface area (Å²) in [4.78, 5) is 3.29. The highest BCUT2D eigenvalue weighted by molar-refractivity contribution is 5.88. The summed E-state index contributed by atoms with van der Waals surface area (Å²) in [5.74, 6) is 0.903. The fraction of sp³-hybridized carbons (Fsp3) is 0.125. The first-order valence-electron chi connectivity index (χ1n) is 6.01. The molecule has 3 rings (SSSR count). The first-order valence-corrected chi connectivity index (χ1v) is 6.01. The normalized spacial score (nSPS) is 10.8. The van der Waals surface area contributed by atoms with Crippen LogP contribution in [0.3, 0.4) is 0 Å². The zero-order valence-corrected chi connectivity index (χ0v) is 10.5. The number of benzene rings is 2. The summed E-state index contributed by atoms with van der Waals surface area (Å²) < 4.78 is 5.41. The van der Waals surface area contributed by atoms with Gasteiger partial charge in [-0.2, -0.15) is 0 Å². The Hall–Kier alpha value is -2.22. The summed E-state index contributed by atoms with van der Waals surface area (Å²) in [5, 5.41) is 1.27. The first-order chi connectivity index (χ1) is 8.79. The summed E-state index contributed by atoms with van der Waals surface area (Å²) in [6.07, 6.45) is 2.04. The van der Waals surface area contributed by atoms with E-state index < -0.39 is 0 Å². The van der Waals surface area contributed by atoms with Crippen LogP contribution in [-0.2, 0) is 0 Å². The number of hydrogen-bond donors (Lipinski definition) is 1. The van der Waals surface area contributed by atoms with E-state index in [0.29, 0.717) is 0 Å². The Kier molecular flexibility index (Phi) is 2.56. The lowest BCUT2D eigenvalue weighted by molar-refractivity contribution is 0.416. The first kappa shape index (κ1) is 10.9. The van der Waals surface area contributed by atoms with Crippen LogP contribution >= 0.6 is 0 Å². The molecule has 0 aliphatic rings. The van der Waals surface area contributed by atoms with Crippen LogP contribution in [0.25, 0.3) is 22.0 Å². The van der Waals surface area contributed by atoms with E-state index in [-0.39, 0.29) is 0 Å². The molecule has 2 heteroatoms. The third kappa shape index (κ3) is 1.66. The number of para-hydroxylation sites is 1. The van der Waals surface area contributed by atoms with Gasteiger partial charge in [0, 0.05) is 22.7 Å². The van der Waals surface area contributed by atoms with Crippen LogP contribution in [0.4, 0.5) is 0 Å². The molecular weight excluding hydrogens is 222 g/mol. The summed E-state index contributed by atoms with van der Waals surface area (Å²) in [5.41, 5.74) is 4.73. The van der Waals surface area contributed by atoms with E-state index in [2.05, 4.69) is 36.2 Å². The van der Waals surface area contributed by atoms with Gasteiger partial charge in [0.25, 0.3) is 0 Å². The molecule has 0 unspecified atom stereocenters. The predicted molar refractivity (Wildman–Crippen MR) is 75.0 cm³/mol. The number of ether oxygens (including phenoxy) is 1. The molecule has 1 aromatic heterocycles. The van der Waals surface area contributed by atoms with Gasteiger partial charge in [0.15, 0.2) is 0 Å². The van der Waals surface area contributed by atoms with E-state index in [1.807, 2.05) is 24.4 Å². The molecule has 1 heterocycles. The van der Waals surface area contributed by atoms with E-state index in [9.17, 15) is 0 Å². The van der Waals surface area contributed by atoms with Crippen LogP contribution < -0.4 is 4.74 Å². The zero-order chi connectivity index (χ0) is 12.5. The molecule has 0 fully saturated rings. The minimum atomic E-state index is 0.903. The van der Waals surface area contributed by atoms with Gasteiger partial charge in [0.05, 0.1) is 7.11 Å². The lowest BCUT2D eigenvalue weighted by Crippen LogP contribution is -1.87. The van der Waals surface area contributed by atoms with Crippen LogP contribution in [0.15, 0.2) is 48.7 Å². The number of aromatic nitrogens is 1. The molecule has 2 aromatic carbocycles. The Morgan fingerprint density at radius 3 is 2.72 bits per heavy atom. The minimum absolute atomic E-state index is 0.903. The highest BCUT2D eigenvalue weighted by Crippen LogP contribution is 2.31. The van der Waals surface area contributed by atoms with Gasteiger partial charge in [0.1, 0.15) is 5.75 Å². The predicted octanol–water partition coefficient (Wildman–Crippen LogP) is 4.15. The molecule has 3 aromatic rings. The maximum absolute atomic E-state index is 5.41. The van der Waals surface area contributed by atoms with Crippen molar-refractivity contribution in [2.24, 2.45) is 0 Å². The Labute approximate surface area is 106 Å². The number of H-pyrrole nitrogens is 1. The van der Waals surface area contributed by atoms with Gasteiger partial charge in [-0.1, -0.05) is 30.3 Å². The third-order valence-corrected chi connectivity index (χ3v) is 3.31. The topological polar surface area (TPSA) is 25.0 Å². The number of nitrogens with one attached hydrogen (secondary N) is 1. The molecule has 2 nitrogen and oxygen atoms in total. The van der Waals surface area contributed by atoms with Crippen LogP contribution in [-0.4, -0.2) is 12.1 Å². The molecule has 0 saturated carbocycles. The second kappa shape index (κ2) is 4.22. The monoisotopic (exact) mass is 237 g/mol. The van der Waals surface area contributed by atoms with Crippen molar-refractivity contribution in [3.63, 3.8) is 0 Å². The van der Waals surface area contributed by atoms with Gasteiger partial charge in [-0.3, -0.25) is 0 Å². The average Bonchev–Trinajstić information content (AvgIpc) is 2.80. The van der Waals surface area contributed by atoms with E-state index in [1.54, 1.807) is 7.11 Å². The number of methoxy groups -OCH3 is 1. The maximum Gasteiger partial charge on any atom is 0.126 e. The van der Waals surface area contributed by atoms with Crippen LogP contribution in [0.2, 0.25) is 0 Å². The van der Waals surface area contributed by atoms with Crippen molar-refractivity contribution in [3.05, 3.63) is 54.2 Å². The van der Waals surface area contributed by atoms with Gasteiger partial charge >= 0.3 is 0 Å². The third-order valence-electron chi connectivity index (χ3n) is 3.31. The Balaban J connectivity index is 2.19. The number of rotatable bonds is 2. The van der Waals surface area contributed by atoms with Gasteiger partial charge in [-0.15, -0.1) is 0 Å². The summed E-state index contributed by atoms with van der Waals surface area (Å²) >= 11 is 0. The second-order valence-corrected chi connectivity index (χ2v) is 4.43. The SMILES string of the molecule is COc1ccccc1-c1ccc2c(C)c[nH]c2c1. The summed E-state index contributed by atoms with van der Waals surface area (Å²) in [6, 6.07) is 14.5. The maximum atomic E-state index is 5.41. The standard InChI is InChI=1S/C16H15NO/c1-11-10-17-15-9-12(7-8-13(11)15)14-5-3-4-6-16(14)18-2/h3-10,17H,1-2H3. The molecule has 0 radical (unpaired) electrons. The molecule has 0 bridgehead atoms. The quantitative estimate of drug-likeness (QED) is 0.711. The summed E-state index contributed by atoms with van der Waals surface area (Å²) in [7, 11) is 1.70. The van der Waals surface area contributed by atoms with Crippen molar-refractivity contribution >= 4 is 10.9 Å². The lowest BCUT2D eigenvalue weighted by atomic mass is 10.0. The number of aryl methyl sites for hydroxylation is 1. The van der Waals surface area contributed by atoms with Crippen LogP contribution in [0, 0.1) is 6.92 Å². The average molecular weight is 237 g/mol. The van der Waals surface area contributed by atoms with Crippen LogP contribution in [0.5, 0.6) is 5.75 Å². The molecule has 0 amide bonds. The number of hydrogen-bond acceptors (Lipinski definition) is 1. The van der Waals surface area contributed by atoms with Crippen molar-refractivity contribution in [1.29, 1.82) is 0 Å². The van der Waals surface area contributed by atoms with Crippen molar-refractivity contribution < 1.29 is 4.74 Å². The molecule has 0 atom stereocenters. The number of aromatic amines is 1. The van der Waals surface area contributed by atoms with E-state index in [0.717, 1.165) is 16.8 Å². The Bertz CT molecular complexity index is 697. The molecule has 1 N–H and O–H groups in total. The minimum Gasteiger partial charge on any atom is -0.496 e. The Morgan fingerprint density at radius 1 is 1.06 bits per heavy atom. The molecule has 0 saturated heterocycles. The van der Waals surface area contributed by atoms with Gasteiger partial charge in [-0.05, 0) is 30.2 Å². The van der Waals surface area contributed by atoms with Crippen molar-refractivity contribution in [1.82, 2.24) is 4.98 Å². The highest BCUT2D eigenvalue weighted by atomic mass is 16.5. The van der Waals surface area contributed by atoms with E-state index in [1.165, 1.54) is 16.5 Å². The molecule has 0 aliphatic heterocycles. The van der Waals surface area contributed by atoms with Crippen molar-refractivity contribution in [2.75, 3.05) is 7.11 Å². The fourth-order valence-corrected chi connectivity index (χ4v) is 2.32. The van der Waals surface area contributed by atoms with Gasteiger partial charge < -0.3 is 9.72 Å². The lowest BCUT2D eigenvalue weighted by Gasteiger charge is -2.08. The molecule has 18 heavy (non-hydrogen) atoms. The summed E-state index contributed by atoms with van der Waals surface area (Å²) in [6.45, 7) is 2.11. The largest absolute Gasteiger partial charge is 0.496 e. The highest BCUT2D eigenvalue weighted by Gasteiger charge is 2.06. The molecule has 0 spiro atoms. The van der Waals surface area contributed by atoms with Crippen LogP contribution in [0.1, 0.15) is 5.56 Å². The van der Waals surface area contributed by atoms with Gasteiger partial charge in [-0.25, -0.2) is 0 Å². The van der Waals surface area contributed by atoms with E-state index in [4.69, 9.17) is 4.74 Å².